The van der Waals surface area contributed by atoms with E-state index in [0.717, 1.165) is 26.9 Å². The number of aliphatic hydroxyl groups is 1. The Morgan fingerprint density at radius 2 is 2.00 bits per heavy atom. The van der Waals surface area contributed by atoms with Crippen LogP contribution in [0.2, 0.25) is 0 Å². The Labute approximate surface area is 58.5 Å². The Hall–Kier alpha value is 0.874. The molecule has 0 aromatic heterocycles. The smallest absolute Gasteiger partial charge is 0.0389 e. The average Bonchev–Trinajstić information content (AvgIpc) is 1.27. The van der Waals surface area contributed by atoms with E-state index in [4.69, 9.17) is 5.11 Å². The van der Waals surface area contributed by atoms with Crippen LogP contribution < -0.4 is 0 Å². The molecule has 0 bridgehead atoms. The molecule has 0 fully saturated rings. The lowest BCUT2D eigenvalue weighted by molar-refractivity contribution is 0.250. The lowest BCUT2D eigenvalue weighted by atomic mass is 10.5. The number of aliphatic hydroxyl groups excluding tert-OH is 1. The van der Waals surface area contributed by atoms with Crippen molar-refractivity contribution in [3.63, 3.8) is 0 Å². The van der Waals surface area contributed by atoms with E-state index in [1.54, 1.807) is 0 Å². The van der Waals surface area contributed by atoms with E-state index in [1.807, 2.05) is 0 Å². The third-order valence-electron chi connectivity index (χ3n) is 0.666. The van der Waals surface area contributed by atoms with Gasteiger partial charge in [0.2, 0.25) is 0 Å². The molecule has 44 valence electrons. The summed E-state index contributed by atoms with van der Waals surface area (Å²) in [7, 11) is 2.06. The zero-order valence-electron chi connectivity index (χ0n) is 4.69. The number of alkyl halides is 1. The van der Waals surface area contributed by atoms with Gasteiger partial charge in [-0.3, -0.25) is 0 Å². The molecule has 0 radical (unpaired) electrons. The summed E-state index contributed by atoms with van der Waals surface area (Å²) in [5, 5.41) is 8.78. The van der Waals surface area contributed by atoms with Gasteiger partial charge in [0, 0.05) is 30.7 Å². The van der Waals surface area contributed by atoms with Gasteiger partial charge in [0.15, 0.2) is 0 Å². The predicted octanol–water partition coefficient (Wildman–Crippen LogP) is -1.85. The second kappa shape index (κ2) is 3.83. The molecule has 2 unspecified atom stereocenters. The van der Waals surface area contributed by atoms with Gasteiger partial charge in [0.25, 0.3) is 0 Å². The van der Waals surface area contributed by atoms with Crippen molar-refractivity contribution in [2.75, 3.05) is 0 Å². The molecule has 0 rings (SSSR count). The summed E-state index contributed by atoms with van der Waals surface area (Å²) in [5.74, 6) is 0. The molecule has 1 N–H and O–H groups in total. The highest BCUT2D eigenvalue weighted by Crippen LogP contribution is 2.00. The number of halogens is 1. The molecular weight excluding hydrogens is 188 g/mol. The molecule has 0 saturated heterocycles. The fourth-order valence-electron chi connectivity index (χ4n) is 0.470. The van der Waals surface area contributed by atoms with Crippen molar-refractivity contribution in [2.45, 2.75) is 16.6 Å². The minimum atomic E-state index is 0.00174. The summed E-state index contributed by atoms with van der Waals surface area (Å²) >= 11 is 3.40. The van der Waals surface area contributed by atoms with Gasteiger partial charge in [-0.05, 0) is 6.42 Å². The fourth-order valence-corrected chi connectivity index (χ4v) is 4.03. The van der Waals surface area contributed by atoms with Gasteiger partial charge in [0.05, 0.1) is 0 Å². The van der Waals surface area contributed by atoms with E-state index in [0.29, 0.717) is 4.45 Å². The summed E-state index contributed by atoms with van der Waals surface area (Å²) < 4.78 is 0.611. The molecule has 1 nitrogen and oxygen atoms in total. The van der Waals surface area contributed by atoms with Crippen molar-refractivity contribution in [1.82, 2.24) is 0 Å². The van der Waals surface area contributed by atoms with E-state index >= 15 is 0 Å². The molecule has 0 aliphatic rings. The van der Waals surface area contributed by atoms with Gasteiger partial charge in [-0.2, -0.15) is 0 Å². The fraction of sp³-hybridized carbons (Fsp3) is 1.00. The molecule has 0 aliphatic heterocycles. The summed E-state index contributed by atoms with van der Waals surface area (Å²) in [5.41, 5.74) is 0.00174. The number of rotatable bonds is 2. The Bertz CT molecular complexity index is 42.2. The monoisotopic (exact) mass is 198 g/mol. The summed E-state index contributed by atoms with van der Waals surface area (Å²) in [6, 6.07) is 0. The van der Waals surface area contributed by atoms with Crippen LogP contribution in [0.5, 0.6) is 0 Å². The first kappa shape index (κ1) is 7.87. The predicted molar refractivity (Wildman–Crippen MR) is 43.2 cm³/mol. The molecule has 2 atom stereocenters. The zero-order valence-corrected chi connectivity index (χ0v) is 10.3. The summed E-state index contributed by atoms with van der Waals surface area (Å²) in [4.78, 5) is 0. The Morgan fingerprint density at radius 3 is 2.00 bits per heavy atom. The molecule has 0 amide bonds. The summed E-state index contributed by atoms with van der Waals surface area (Å²) in [6.07, 6.45) is 0.957. The highest BCUT2D eigenvalue weighted by atomic mass is 79.9. The molecule has 0 spiro atoms. The zero-order chi connectivity index (χ0) is 5.86. The van der Waals surface area contributed by atoms with E-state index in [9.17, 15) is 0 Å². The Kier molecular flexibility index (Phi) is 4.30. The van der Waals surface area contributed by atoms with E-state index < -0.39 is 0 Å². The molecule has 0 heterocycles. The SMILES string of the molecule is OC([SiH3])CC([SiH3])Br. The molecule has 0 aromatic carbocycles. The quantitative estimate of drug-likeness (QED) is 0.409. The average molecular weight is 199 g/mol. The van der Waals surface area contributed by atoms with Crippen molar-refractivity contribution in [3.8, 4) is 0 Å². The van der Waals surface area contributed by atoms with Crippen LogP contribution in [-0.4, -0.2) is 35.8 Å². The third kappa shape index (κ3) is 6.87. The molecule has 0 aromatic rings. The van der Waals surface area contributed by atoms with Crippen molar-refractivity contribution in [3.05, 3.63) is 0 Å². The van der Waals surface area contributed by atoms with Gasteiger partial charge in [-0.25, -0.2) is 0 Å². The van der Waals surface area contributed by atoms with Crippen LogP contribution >= 0.6 is 15.9 Å². The van der Waals surface area contributed by atoms with Crippen molar-refractivity contribution < 1.29 is 5.11 Å². The van der Waals surface area contributed by atoms with Crippen molar-refractivity contribution in [2.24, 2.45) is 0 Å². The van der Waals surface area contributed by atoms with Crippen LogP contribution in [0.25, 0.3) is 0 Å². The molecule has 4 heteroatoms. The van der Waals surface area contributed by atoms with Gasteiger partial charge < -0.3 is 5.11 Å². The second-order valence-electron chi connectivity index (χ2n) is 1.87. The lowest BCUT2D eigenvalue weighted by Crippen LogP contribution is -2.12. The minimum absolute atomic E-state index is 0.00174. The maximum Gasteiger partial charge on any atom is 0.0389 e. The van der Waals surface area contributed by atoms with E-state index in [2.05, 4.69) is 15.9 Å². The van der Waals surface area contributed by atoms with Crippen molar-refractivity contribution in [1.29, 1.82) is 0 Å². The molecule has 0 saturated carbocycles. The first-order valence-corrected chi connectivity index (χ1v) is 5.67. The standard InChI is InChI=1S/C3H11BrOSi2/c4-2(6)1-3(5)7/h2-3,5H,1H2,6-7H3. The van der Waals surface area contributed by atoms with Gasteiger partial charge in [-0.15, -0.1) is 0 Å². The normalized spacial score (nSPS) is 19.7. The first-order chi connectivity index (χ1) is 3.13. The Balaban J connectivity index is 2.95. The molecule has 7 heavy (non-hydrogen) atoms. The van der Waals surface area contributed by atoms with Crippen LogP contribution in [0.4, 0.5) is 0 Å². The van der Waals surface area contributed by atoms with Crippen LogP contribution in [0.3, 0.4) is 0 Å². The van der Waals surface area contributed by atoms with Crippen LogP contribution in [0, 0.1) is 0 Å². The van der Waals surface area contributed by atoms with Gasteiger partial charge in [0.1, 0.15) is 0 Å². The number of hydrogen-bond acceptors (Lipinski definition) is 1. The highest BCUT2D eigenvalue weighted by Gasteiger charge is 1.98. The first-order valence-electron chi connectivity index (χ1n) is 2.45. The van der Waals surface area contributed by atoms with Crippen LogP contribution in [0.15, 0.2) is 0 Å². The van der Waals surface area contributed by atoms with Crippen LogP contribution in [-0.2, 0) is 0 Å². The third-order valence-corrected chi connectivity index (χ3v) is 1.98. The number of hydrogen-bond donors (Lipinski definition) is 1. The maximum absolute atomic E-state index is 8.78. The molecule has 0 aliphatic carbocycles. The lowest BCUT2D eigenvalue weighted by Gasteiger charge is -2.03. The second-order valence-corrected chi connectivity index (χ2v) is 7.85. The Morgan fingerprint density at radius 1 is 1.57 bits per heavy atom. The van der Waals surface area contributed by atoms with E-state index in [1.165, 1.54) is 0 Å². The van der Waals surface area contributed by atoms with Gasteiger partial charge in [-0.1, -0.05) is 15.9 Å². The van der Waals surface area contributed by atoms with Gasteiger partial charge >= 0.3 is 0 Å². The maximum atomic E-state index is 8.78. The largest absolute Gasteiger partial charge is 0.398 e. The van der Waals surface area contributed by atoms with Crippen LogP contribution in [0.1, 0.15) is 6.42 Å². The highest BCUT2D eigenvalue weighted by molar-refractivity contribution is 9.10. The van der Waals surface area contributed by atoms with Crippen molar-refractivity contribution >= 4 is 36.4 Å². The van der Waals surface area contributed by atoms with E-state index in [-0.39, 0.29) is 5.73 Å². The topological polar surface area (TPSA) is 20.2 Å². The minimum Gasteiger partial charge on any atom is -0.398 e. The molecular formula is C3H11BrOSi2. The summed E-state index contributed by atoms with van der Waals surface area (Å²) in [6.45, 7) is 0.